The zero-order valence-corrected chi connectivity index (χ0v) is 15.7. The van der Waals surface area contributed by atoms with Gasteiger partial charge in [0.2, 0.25) is 0 Å². The van der Waals surface area contributed by atoms with E-state index in [0.717, 1.165) is 10.9 Å². The standard InChI is InChI=1S/C22H18N4O3/c1-2-29-22(28)17-14-23-26(19-13-12-15-8-6-7-11-18(15)24-19)20(17)25-21(27)16-9-4-3-5-10-16/h3-14H,2H2,1H3,(H,25,27). The Morgan fingerprint density at radius 1 is 1.00 bits per heavy atom. The molecule has 2 aromatic heterocycles. The highest BCUT2D eigenvalue weighted by molar-refractivity contribution is 6.07. The maximum atomic E-state index is 12.7. The summed E-state index contributed by atoms with van der Waals surface area (Å²) in [4.78, 5) is 29.7. The largest absolute Gasteiger partial charge is 0.462 e. The fraction of sp³-hybridized carbons (Fsp3) is 0.0909. The lowest BCUT2D eigenvalue weighted by Crippen LogP contribution is -2.18. The molecular formula is C22H18N4O3. The number of carbonyl (C=O) groups is 2. The van der Waals surface area contributed by atoms with Gasteiger partial charge in [-0.05, 0) is 37.3 Å². The monoisotopic (exact) mass is 386 g/mol. The molecule has 0 saturated carbocycles. The second kappa shape index (κ2) is 7.93. The molecule has 0 radical (unpaired) electrons. The summed E-state index contributed by atoms with van der Waals surface area (Å²) >= 11 is 0. The highest BCUT2D eigenvalue weighted by Crippen LogP contribution is 2.23. The zero-order chi connectivity index (χ0) is 20.2. The summed E-state index contributed by atoms with van der Waals surface area (Å²) in [5, 5.41) is 8.04. The van der Waals surface area contributed by atoms with E-state index in [1.165, 1.54) is 10.9 Å². The lowest BCUT2D eigenvalue weighted by atomic mass is 10.2. The van der Waals surface area contributed by atoms with Gasteiger partial charge in [0.05, 0.1) is 18.3 Å². The average molecular weight is 386 g/mol. The van der Waals surface area contributed by atoms with Crippen LogP contribution >= 0.6 is 0 Å². The van der Waals surface area contributed by atoms with Gasteiger partial charge in [-0.15, -0.1) is 0 Å². The number of nitrogens with one attached hydrogen (secondary N) is 1. The molecule has 0 aliphatic carbocycles. The fourth-order valence-corrected chi connectivity index (χ4v) is 2.94. The third kappa shape index (κ3) is 3.70. The first-order chi connectivity index (χ1) is 14.2. The minimum absolute atomic E-state index is 0.158. The molecule has 0 spiro atoms. The van der Waals surface area contributed by atoms with E-state index in [9.17, 15) is 9.59 Å². The number of hydrogen-bond acceptors (Lipinski definition) is 5. The topological polar surface area (TPSA) is 86.1 Å². The number of benzene rings is 2. The van der Waals surface area contributed by atoms with Crippen molar-refractivity contribution in [3.05, 3.63) is 84.1 Å². The Kier molecular flexibility index (Phi) is 5.03. The van der Waals surface area contributed by atoms with Crippen LogP contribution in [0.1, 0.15) is 27.6 Å². The van der Waals surface area contributed by atoms with Crippen LogP contribution in [-0.2, 0) is 4.74 Å². The summed E-state index contributed by atoms with van der Waals surface area (Å²) in [6.07, 6.45) is 1.37. The lowest BCUT2D eigenvalue weighted by Gasteiger charge is -2.11. The number of esters is 1. The smallest absolute Gasteiger partial charge is 0.343 e. The van der Waals surface area contributed by atoms with Gasteiger partial charge in [0.15, 0.2) is 11.6 Å². The summed E-state index contributed by atoms with van der Waals surface area (Å²) in [5.74, 6) is -0.246. The molecule has 1 N–H and O–H groups in total. The van der Waals surface area contributed by atoms with Crippen LogP contribution in [0.3, 0.4) is 0 Å². The molecule has 0 aliphatic heterocycles. The number of carbonyl (C=O) groups excluding carboxylic acids is 2. The summed E-state index contributed by atoms with van der Waals surface area (Å²) in [6.45, 7) is 1.93. The fourth-order valence-electron chi connectivity index (χ4n) is 2.94. The van der Waals surface area contributed by atoms with Gasteiger partial charge in [0.1, 0.15) is 5.56 Å². The van der Waals surface area contributed by atoms with Crippen molar-refractivity contribution >= 4 is 28.6 Å². The summed E-state index contributed by atoms with van der Waals surface area (Å²) in [5.41, 5.74) is 1.39. The number of ether oxygens (including phenoxy) is 1. The first-order valence-corrected chi connectivity index (χ1v) is 9.15. The SMILES string of the molecule is CCOC(=O)c1cnn(-c2ccc3ccccc3n2)c1NC(=O)c1ccccc1. The van der Waals surface area contributed by atoms with Gasteiger partial charge in [-0.2, -0.15) is 9.78 Å². The molecule has 0 aliphatic rings. The molecule has 1 amide bonds. The van der Waals surface area contributed by atoms with Gasteiger partial charge >= 0.3 is 5.97 Å². The van der Waals surface area contributed by atoms with Crippen LogP contribution in [0.2, 0.25) is 0 Å². The normalized spacial score (nSPS) is 10.7. The molecule has 7 heteroatoms. The van der Waals surface area contributed by atoms with Crippen molar-refractivity contribution in [2.45, 2.75) is 6.92 Å². The third-order valence-corrected chi connectivity index (χ3v) is 4.33. The molecule has 2 aromatic carbocycles. The molecule has 0 unspecified atom stereocenters. The Morgan fingerprint density at radius 3 is 2.55 bits per heavy atom. The van der Waals surface area contributed by atoms with E-state index >= 15 is 0 Å². The Bertz CT molecular complexity index is 1190. The molecule has 2 heterocycles. The van der Waals surface area contributed by atoms with E-state index in [-0.39, 0.29) is 23.9 Å². The predicted octanol–water partition coefficient (Wildman–Crippen LogP) is 3.85. The van der Waals surface area contributed by atoms with Gasteiger partial charge < -0.3 is 10.1 Å². The molecule has 7 nitrogen and oxygen atoms in total. The van der Waals surface area contributed by atoms with Crippen molar-refractivity contribution in [1.82, 2.24) is 14.8 Å². The van der Waals surface area contributed by atoms with Gasteiger partial charge in [0.25, 0.3) is 5.91 Å². The van der Waals surface area contributed by atoms with E-state index in [1.54, 1.807) is 37.3 Å². The number of pyridine rings is 1. The summed E-state index contributed by atoms with van der Waals surface area (Å²) < 4.78 is 6.54. The van der Waals surface area contributed by atoms with Crippen LogP contribution in [0.5, 0.6) is 0 Å². The van der Waals surface area contributed by atoms with E-state index in [4.69, 9.17) is 4.74 Å². The Hall–Kier alpha value is -4.00. The molecule has 4 aromatic rings. The first kappa shape index (κ1) is 18.4. The minimum atomic E-state index is -0.567. The maximum absolute atomic E-state index is 12.7. The van der Waals surface area contributed by atoms with E-state index in [1.807, 2.05) is 36.4 Å². The second-order valence-corrected chi connectivity index (χ2v) is 6.22. The number of amides is 1. The molecule has 0 saturated heterocycles. The highest BCUT2D eigenvalue weighted by atomic mass is 16.5. The van der Waals surface area contributed by atoms with Crippen molar-refractivity contribution < 1.29 is 14.3 Å². The summed E-state index contributed by atoms with van der Waals surface area (Å²) in [6, 6.07) is 20.1. The molecule has 4 rings (SSSR count). The number of para-hydroxylation sites is 1. The molecule has 144 valence electrons. The van der Waals surface area contributed by atoms with Crippen molar-refractivity contribution in [2.75, 3.05) is 11.9 Å². The van der Waals surface area contributed by atoms with Crippen LogP contribution in [0, 0.1) is 0 Å². The van der Waals surface area contributed by atoms with Gasteiger partial charge in [-0.3, -0.25) is 4.79 Å². The lowest BCUT2D eigenvalue weighted by molar-refractivity contribution is 0.0527. The molecule has 29 heavy (non-hydrogen) atoms. The zero-order valence-electron chi connectivity index (χ0n) is 15.7. The Labute approximate surface area is 167 Å². The van der Waals surface area contributed by atoms with E-state index < -0.39 is 5.97 Å². The first-order valence-electron chi connectivity index (χ1n) is 9.15. The molecule has 0 bridgehead atoms. The van der Waals surface area contributed by atoms with Crippen LogP contribution in [0.25, 0.3) is 16.7 Å². The van der Waals surface area contributed by atoms with Crippen molar-refractivity contribution in [3.8, 4) is 5.82 Å². The molecule has 0 atom stereocenters. The van der Waals surface area contributed by atoms with E-state index in [2.05, 4.69) is 15.4 Å². The van der Waals surface area contributed by atoms with E-state index in [0.29, 0.717) is 11.4 Å². The Morgan fingerprint density at radius 2 is 1.76 bits per heavy atom. The maximum Gasteiger partial charge on any atom is 0.343 e. The van der Waals surface area contributed by atoms with Gasteiger partial charge in [0, 0.05) is 10.9 Å². The van der Waals surface area contributed by atoms with Crippen molar-refractivity contribution in [2.24, 2.45) is 0 Å². The number of fused-ring (bicyclic) bond motifs is 1. The number of aromatic nitrogens is 3. The van der Waals surface area contributed by atoms with Gasteiger partial charge in [-0.25, -0.2) is 9.78 Å². The van der Waals surface area contributed by atoms with Crippen LogP contribution < -0.4 is 5.32 Å². The van der Waals surface area contributed by atoms with Crippen molar-refractivity contribution in [1.29, 1.82) is 0 Å². The summed E-state index contributed by atoms with van der Waals surface area (Å²) in [7, 11) is 0. The predicted molar refractivity (Wildman–Crippen MR) is 109 cm³/mol. The number of anilines is 1. The van der Waals surface area contributed by atoms with Crippen LogP contribution in [0.4, 0.5) is 5.82 Å². The quantitative estimate of drug-likeness (QED) is 0.527. The van der Waals surface area contributed by atoms with Gasteiger partial charge in [-0.1, -0.05) is 36.4 Å². The minimum Gasteiger partial charge on any atom is -0.462 e. The average Bonchev–Trinajstić information content (AvgIpc) is 3.17. The third-order valence-electron chi connectivity index (χ3n) is 4.33. The van der Waals surface area contributed by atoms with Crippen molar-refractivity contribution in [3.63, 3.8) is 0 Å². The number of rotatable bonds is 5. The molecule has 0 fully saturated rings. The number of hydrogen-bond donors (Lipinski definition) is 1. The highest BCUT2D eigenvalue weighted by Gasteiger charge is 2.22. The van der Waals surface area contributed by atoms with Crippen LogP contribution in [-0.4, -0.2) is 33.2 Å². The molecular weight excluding hydrogens is 368 g/mol. The number of nitrogens with zero attached hydrogens (tertiary/aromatic N) is 3. The van der Waals surface area contributed by atoms with Crippen LogP contribution in [0.15, 0.2) is 72.9 Å². The Balaban J connectivity index is 1.78. The second-order valence-electron chi connectivity index (χ2n) is 6.22.